The van der Waals surface area contributed by atoms with E-state index in [0.29, 0.717) is 12.1 Å². The molecule has 15 heavy (non-hydrogen) atoms. The molecule has 0 unspecified atom stereocenters. The summed E-state index contributed by atoms with van der Waals surface area (Å²) in [5.74, 6) is -0.288. The SMILES string of the molecule is CC(C)(CCO)Nc1cc(Br)ccc1F. The minimum absolute atomic E-state index is 0.0790. The molecule has 0 aromatic heterocycles. The van der Waals surface area contributed by atoms with Gasteiger partial charge in [0.15, 0.2) is 0 Å². The van der Waals surface area contributed by atoms with Crippen LogP contribution in [0.5, 0.6) is 0 Å². The molecule has 0 saturated carbocycles. The number of halogens is 2. The van der Waals surface area contributed by atoms with Crippen molar-refractivity contribution in [2.45, 2.75) is 25.8 Å². The van der Waals surface area contributed by atoms with Crippen LogP contribution in [0.4, 0.5) is 10.1 Å². The lowest BCUT2D eigenvalue weighted by molar-refractivity contribution is 0.260. The van der Waals surface area contributed by atoms with Crippen LogP contribution in [0.1, 0.15) is 20.3 Å². The molecule has 84 valence electrons. The fourth-order valence-corrected chi connectivity index (χ4v) is 1.66. The first-order valence-corrected chi connectivity index (χ1v) is 5.58. The van der Waals surface area contributed by atoms with Gasteiger partial charge >= 0.3 is 0 Å². The third-order valence-corrected chi connectivity index (χ3v) is 2.63. The van der Waals surface area contributed by atoms with Gasteiger partial charge in [-0.05, 0) is 38.5 Å². The van der Waals surface area contributed by atoms with Crippen LogP contribution in [0, 0.1) is 5.82 Å². The summed E-state index contributed by atoms with van der Waals surface area (Å²) in [7, 11) is 0. The van der Waals surface area contributed by atoms with E-state index in [4.69, 9.17) is 5.11 Å². The van der Waals surface area contributed by atoms with Gasteiger partial charge in [0, 0.05) is 16.6 Å². The maximum Gasteiger partial charge on any atom is 0.146 e. The highest BCUT2D eigenvalue weighted by Crippen LogP contribution is 2.24. The first kappa shape index (κ1) is 12.5. The van der Waals surface area contributed by atoms with Crippen LogP contribution < -0.4 is 5.32 Å². The Bertz CT molecular complexity index is 341. The fraction of sp³-hybridized carbons (Fsp3) is 0.455. The topological polar surface area (TPSA) is 32.3 Å². The molecule has 2 N–H and O–H groups in total. The van der Waals surface area contributed by atoms with Crippen LogP contribution in [-0.4, -0.2) is 17.3 Å². The molecule has 0 radical (unpaired) electrons. The highest BCUT2D eigenvalue weighted by molar-refractivity contribution is 9.10. The Kier molecular flexibility index (Phi) is 4.11. The molecule has 4 heteroatoms. The number of nitrogens with one attached hydrogen (secondary N) is 1. The van der Waals surface area contributed by atoms with Crippen molar-refractivity contribution in [3.8, 4) is 0 Å². The summed E-state index contributed by atoms with van der Waals surface area (Å²) < 4.78 is 14.2. The summed E-state index contributed by atoms with van der Waals surface area (Å²) in [4.78, 5) is 0. The lowest BCUT2D eigenvalue weighted by Gasteiger charge is -2.27. The van der Waals surface area contributed by atoms with E-state index in [1.165, 1.54) is 6.07 Å². The summed E-state index contributed by atoms with van der Waals surface area (Å²) in [6.45, 7) is 3.92. The smallest absolute Gasteiger partial charge is 0.146 e. The second-order valence-corrected chi connectivity index (χ2v) is 5.02. The first-order chi connectivity index (χ1) is 6.94. The van der Waals surface area contributed by atoms with E-state index in [2.05, 4.69) is 21.2 Å². The zero-order valence-corrected chi connectivity index (χ0v) is 10.4. The van der Waals surface area contributed by atoms with Crippen molar-refractivity contribution in [1.29, 1.82) is 0 Å². The van der Waals surface area contributed by atoms with Crippen molar-refractivity contribution in [2.24, 2.45) is 0 Å². The maximum atomic E-state index is 13.4. The highest BCUT2D eigenvalue weighted by Gasteiger charge is 2.18. The predicted molar refractivity (Wildman–Crippen MR) is 63.5 cm³/mol. The zero-order chi connectivity index (χ0) is 11.5. The van der Waals surface area contributed by atoms with Crippen LogP contribution >= 0.6 is 15.9 Å². The Morgan fingerprint density at radius 1 is 1.47 bits per heavy atom. The number of hydrogen-bond acceptors (Lipinski definition) is 2. The molecule has 0 bridgehead atoms. The standard InChI is InChI=1S/C11H15BrFNO/c1-11(2,5-6-15)14-10-7-8(12)3-4-9(10)13/h3-4,7,14-15H,5-6H2,1-2H3. The molecule has 1 aromatic rings. The van der Waals surface area contributed by atoms with Gasteiger partial charge in [-0.3, -0.25) is 0 Å². The number of rotatable bonds is 4. The normalized spacial score (nSPS) is 11.5. The van der Waals surface area contributed by atoms with E-state index in [9.17, 15) is 4.39 Å². The van der Waals surface area contributed by atoms with Gasteiger partial charge in [-0.15, -0.1) is 0 Å². The number of aliphatic hydroxyl groups excluding tert-OH is 1. The first-order valence-electron chi connectivity index (χ1n) is 4.79. The summed E-state index contributed by atoms with van der Waals surface area (Å²) in [6.07, 6.45) is 0.568. The van der Waals surface area contributed by atoms with Crippen molar-refractivity contribution in [2.75, 3.05) is 11.9 Å². The second kappa shape index (κ2) is 4.94. The van der Waals surface area contributed by atoms with Crippen LogP contribution in [0.2, 0.25) is 0 Å². The van der Waals surface area contributed by atoms with Gasteiger partial charge in [0.25, 0.3) is 0 Å². The molecule has 0 aliphatic heterocycles. The Morgan fingerprint density at radius 3 is 2.73 bits per heavy atom. The van der Waals surface area contributed by atoms with Crippen LogP contribution in [0.3, 0.4) is 0 Å². The maximum absolute atomic E-state index is 13.4. The van der Waals surface area contributed by atoms with Gasteiger partial charge in [-0.25, -0.2) is 4.39 Å². The molecule has 0 amide bonds. The van der Waals surface area contributed by atoms with E-state index in [1.807, 2.05) is 13.8 Å². The molecule has 0 heterocycles. The average Bonchev–Trinajstić information content (AvgIpc) is 2.10. The second-order valence-electron chi connectivity index (χ2n) is 4.11. The van der Waals surface area contributed by atoms with Gasteiger partial charge in [-0.1, -0.05) is 15.9 Å². The van der Waals surface area contributed by atoms with Gasteiger partial charge in [-0.2, -0.15) is 0 Å². The number of aliphatic hydroxyl groups is 1. The summed E-state index contributed by atoms with van der Waals surface area (Å²) in [6, 6.07) is 4.75. The third-order valence-electron chi connectivity index (χ3n) is 2.14. The van der Waals surface area contributed by atoms with Crippen LogP contribution in [0.15, 0.2) is 22.7 Å². The fourth-order valence-electron chi connectivity index (χ4n) is 1.30. The van der Waals surface area contributed by atoms with Crippen molar-refractivity contribution < 1.29 is 9.50 Å². The molecule has 0 atom stereocenters. The van der Waals surface area contributed by atoms with Crippen molar-refractivity contribution in [3.63, 3.8) is 0 Å². The van der Waals surface area contributed by atoms with E-state index in [1.54, 1.807) is 12.1 Å². The minimum Gasteiger partial charge on any atom is -0.396 e. The minimum atomic E-state index is -0.323. The quantitative estimate of drug-likeness (QED) is 0.885. The molecular formula is C11H15BrFNO. The monoisotopic (exact) mass is 275 g/mol. The Balaban J connectivity index is 2.83. The number of anilines is 1. The van der Waals surface area contributed by atoms with Gasteiger partial charge in [0.1, 0.15) is 5.82 Å². The summed E-state index contributed by atoms with van der Waals surface area (Å²) >= 11 is 3.29. The number of benzene rings is 1. The molecule has 0 aliphatic carbocycles. The van der Waals surface area contributed by atoms with E-state index >= 15 is 0 Å². The molecule has 0 aliphatic rings. The van der Waals surface area contributed by atoms with Crippen LogP contribution in [-0.2, 0) is 0 Å². The molecular weight excluding hydrogens is 261 g/mol. The third kappa shape index (κ3) is 3.80. The summed E-state index contributed by atoms with van der Waals surface area (Å²) in [5, 5.41) is 11.9. The lowest BCUT2D eigenvalue weighted by Crippen LogP contribution is -2.32. The van der Waals surface area contributed by atoms with Crippen molar-refractivity contribution in [3.05, 3.63) is 28.5 Å². The van der Waals surface area contributed by atoms with Gasteiger partial charge < -0.3 is 10.4 Å². The molecule has 0 saturated heterocycles. The van der Waals surface area contributed by atoms with E-state index in [0.717, 1.165) is 4.47 Å². The lowest BCUT2D eigenvalue weighted by atomic mass is 10.0. The number of hydrogen-bond donors (Lipinski definition) is 2. The Hall–Kier alpha value is -0.610. The molecule has 0 spiro atoms. The summed E-state index contributed by atoms with van der Waals surface area (Å²) in [5.41, 5.74) is 0.124. The van der Waals surface area contributed by atoms with Gasteiger partial charge in [0.2, 0.25) is 0 Å². The van der Waals surface area contributed by atoms with Crippen molar-refractivity contribution in [1.82, 2.24) is 0 Å². The Morgan fingerprint density at radius 2 is 2.13 bits per heavy atom. The zero-order valence-electron chi connectivity index (χ0n) is 8.85. The molecule has 1 rings (SSSR count). The highest BCUT2D eigenvalue weighted by atomic mass is 79.9. The largest absolute Gasteiger partial charge is 0.396 e. The predicted octanol–water partition coefficient (Wildman–Crippen LogP) is 3.16. The van der Waals surface area contributed by atoms with Gasteiger partial charge in [0.05, 0.1) is 5.69 Å². The van der Waals surface area contributed by atoms with Crippen molar-refractivity contribution >= 4 is 21.6 Å². The average molecular weight is 276 g/mol. The molecule has 2 nitrogen and oxygen atoms in total. The molecule has 0 fully saturated rings. The van der Waals surface area contributed by atoms with E-state index in [-0.39, 0.29) is 18.0 Å². The Labute approximate surface area is 97.6 Å². The van der Waals surface area contributed by atoms with E-state index < -0.39 is 0 Å². The molecule has 1 aromatic carbocycles. The van der Waals surface area contributed by atoms with Crippen LogP contribution in [0.25, 0.3) is 0 Å².